The average molecular weight is 204 g/mol. The third-order valence-electron chi connectivity index (χ3n) is 3.27. The van der Waals surface area contributed by atoms with Crippen LogP contribution in [0.15, 0.2) is 12.1 Å². The number of benzene rings is 1. The van der Waals surface area contributed by atoms with Gasteiger partial charge in [-0.2, -0.15) is 0 Å². The first-order valence-electron chi connectivity index (χ1n) is 6.34. The van der Waals surface area contributed by atoms with Crippen molar-refractivity contribution in [2.45, 2.75) is 59.8 Å². The first kappa shape index (κ1) is 12.3. The molecule has 0 aromatic heterocycles. The van der Waals surface area contributed by atoms with Crippen LogP contribution in [-0.4, -0.2) is 0 Å². The molecule has 1 aromatic rings. The maximum Gasteiger partial charge on any atom is -0.0276 e. The van der Waals surface area contributed by atoms with Gasteiger partial charge in [0.05, 0.1) is 0 Å². The average Bonchev–Trinajstić information content (AvgIpc) is 2.26. The molecule has 0 heterocycles. The molecule has 0 fully saturated rings. The van der Waals surface area contributed by atoms with Gasteiger partial charge in [0, 0.05) is 0 Å². The lowest BCUT2D eigenvalue weighted by Crippen LogP contribution is -2.01. The first-order valence-corrected chi connectivity index (χ1v) is 6.34. The summed E-state index contributed by atoms with van der Waals surface area (Å²) in [4.78, 5) is 0. The van der Waals surface area contributed by atoms with Crippen LogP contribution in [0.3, 0.4) is 0 Å². The standard InChI is InChI=1S/C15H24/c1-5-8-9-13-11-10-12(4)14(6-2)15(13)7-3/h10-11H,5-9H2,1-4H3. The van der Waals surface area contributed by atoms with E-state index in [1.807, 2.05) is 0 Å². The zero-order valence-corrected chi connectivity index (χ0v) is 10.7. The van der Waals surface area contributed by atoms with Crippen molar-refractivity contribution in [3.8, 4) is 0 Å². The van der Waals surface area contributed by atoms with Crippen LogP contribution in [-0.2, 0) is 19.3 Å². The van der Waals surface area contributed by atoms with E-state index < -0.39 is 0 Å². The summed E-state index contributed by atoms with van der Waals surface area (Å²) in [6.45, 7) is 9.05. The monoisotopic (exact) mass is 204 g/mol. The van der Waals surface area contributed by atoms with Crippen LogP contribution < -0.4 is 0 Å². The van der Waals surface area contributed by atoms with Crippen LogP contribution in [0.25, 0.3) is 0 Å². The van der Waals surface area contributed by atoms with Crippen LogP contribution in [0, 0.1) is 6.92 Å². The molecule has 0 aliphatic carbocycles. The molecule has 0 saturated heterocycles. The number of unbranched alkanes of at least 4 members (excludes halogenated alkanes) is 1. The minimum absolute atomic E-state index is 1.18. The molecule has 0 amide bonds. The second-order valence-electron chi connectivity index (χ2n) is 4.31. The lowest BCUT2D eigenvalue weighted by atomic mass is 9.91. The molecule has 0 spiro atoms. The van der Waals surface area contributed by atoms with Crippen molar-refractivity contribution in [2.24, 2.45) is 0 Å². The minimum Gasteiger partial charge on any atom is -0.0654 e. The highest BCUT2D eigenvalue weighted by Crippen LogP contribution is 2.22. The van der Waals surface area contributed by atoms with E-state index in [1.165, 1.54) is 37.7 Å². The lowest BCUT2D eigenvalue weighted by molar-refractivity contribution is 0.783. The van der Waals surface area contributed by atoms with Crippen LogP contribution in [0.5, 0.6) is 0 Å². The Labute approximate surface area is 94.7 Å². The zero-order chi connectivity index (χ0) is 11.3. The van der Waals surface area contributed by atoms with Gasteiger partial charge in [-0.3, -0.25) is 0 Å². The molecule has 0 aliphatic rings. The van der Waals surface area contributed by atoms with E-state index in [-0.39, 0.29) is 0 Å². The molecule has 0 unspecified atom stereocenters. The van der Waals surface area contributed by atoms with E-state index in [0.717, 1.165) is 0 Å². The predicted octanol–water partition coefficient (Wildman–Crippen LogP) is 4.46. The van der Waals surface area contributed by atoms with Gasteiger partial charge in [-0.1, -0.05) is 39.3 Å². The Morgan fingerprint density at radius 2 is 1.60 bits per heavy atom. The third-order valence-corrected chi connectivity index (χ3v) is 3.27. The number of hydrogen-bond donors (Lipinski definition) is 0. The predicted molar refractivity (Wildman–Crippen MR) is 68.5 cm³/mol. The van der Waals surface area contributed by atoms with Gasteiger partial charge in [-0.15, -0.1) is 0 Å². The fourth-order valence-electron chi connectivity index (χ4n) is 2.39. The Balaban J connectivity index is 3.05. The molecule has 0 saturated carbocycles. The van der Waals surface area contributed by atoms with Gasteiger partial charge >= 0.3 is 0 Å². The molecule has 1 rings (SSSR count). The molecule has 15 heavy (non-hydrogen) atoms. The van der Waals surface area contributed by atoms with Gasteiger partial charge < -0.3 is 0 Å². The Hall–Kier alpha value is -0.780. The summed E-state index contributed by atoms with van der Waals surface area (Å²) in [5.41, 5.74) is 6.26. The van der Waals surface area contributed by atoms with Crippen molar-refractivity contribution in [3.63, 3.8) is 0 Å². The van der Waals surface area contributed by atoms with Crippen LogP contribution >= 0.6 is 0 Å². The fourth-order valence-corrected chi connectivity index (χ4v) is 2.39. The largest absolute Gasteiger partial charge is 0.0654 e. The van der Waals surface area contributed by atoms with E-state index in [1.54, 1.807) is 16.7 Å². The summed E-state index contributed by atoms with van der Waals surface area (Å²) in [6, 6.07) is 4.63. The number of hydrogen-bond acceptors (Lipinski definition) is 0. The van der Waals surface area contributed by atoms with Gasteiger partial charge in [0.1, 0.15) is 0 Å². The summed E-state index contributed by atoms with van der Waals surface area (Å²) in [6.07, 6.45) is 6.23. The molecule has 0 N–H and O–H groups in total. The van der Waals surface area contributed by atoms with Crippen molar-refractivity contribution in [1.82, 2.24) is 0 Å². The molecule has 0 nitrogen and oxygen atoms in total. The van der Waals surface area contributed by atoms with Gasteiger partial charge in [-0.05, 0) is 54.9 Å². The Morgan fingerprint density at radius 1 is 0.933 bits per heavy atom. The summed E-state index contributed by atoms with van der Waals surface area (Å²) < 4.78 is 0. The second-order valence-corrected chi connectivity index (χ2v) is 4.31. The second kappa shape index (κ2) is 5.95. The SMILES string of the molecule is CCCCc1ccc(C)c(CC)c1CC. The van der Waals surface area contributed by atoms with Crippen molar-refractivity contribution >= 4 is 0 Å². The Morgan fingerprint density at radius 3 is 2.13 bits per heavy atom. The zero-order valence-electron chi connectivity index (χ0n) is 10.7. The van der Waals surface area contributed by atoms with Gasteiger partial charge in [0.25, 0.3) is 0 Å². The van der Waals surface area contributed by atoms with Crippen molar-refractivity contribution < 1.29 is 0 Å². The molecular weight excluding hydrogens is 180 g/mol. The molecule has 1 aromatic carbocycles. The maximum absolute atomic E-state index is 2.34. The highest BCUT2D eigenvalue weighted by Gasteiger charge is 2.07. The molecule has 0 bridgehead atoms. The van der Waals surface area contributed by atoms with Crippen molar-refractivity contribution in [2.75, 3.05) is 0 Å². The quantitative estimate of drug-likeness (QED) is 0.664. The Bertz CT molecular complexity index is 310. The topological polar surface area (TPSA) is 0 Å². The molecule has 0 aliphatic heterocycles. The highest BCUT2D eigenvalue weighted by atomic mass is 14.1. The van der Waals surface area contributed by atoms with Crippen molar-refractivity contribution in [3.05, 3.63) is 34.4 Å². The van der Waals surface area contributed by atoms with Gasteiger partial charge in [-0.25, -0.2) is 0 Å². The number of rotatable bonds is 5. The lowest BCUT2D eigenvalue weighted by Gasteiger charge is -2.15. The van der Waals surface area contributed by atoms with E-state index in [9.17, 15) is 0 Å². The van der Waals surface area contributed by atoms with Crippen molar-refractivity contribution in [1.29, 1.82) is 0 Å². The van der Waals surface area contributed by atoms with E-state index in [0.29, 0.717) is 0 Å². The normalized spacial score (nSPS) is 10.7. The molecule has 0 radical (unpaired) electrons. The molecule has 84 valence electrons. The Kier molecular flexibility index (Phi) is 4.87. The van der Waals surface area contributed by atoms with E-state index in [2.05, 4.69) is 39.8 Å². The highest BCUT2D eigenvalue weighted by molar-refractivity contribution is 5.40. The van der Waals surface area contributed by atoms with Crippen LogP contribution in [0.1, 0.15) is 55.9 Å². The summed E-state index contributed by atoms with van der Waals surface area (Å²) in [5.74, 6) is 0. The molecule has 0 atom stereocenters. The summed E-state index contributed by atoms with van der Waals surface area (Å²) in [7, 11) is 0. The first-order chi connectivity index (χ1) is 7.24. The third kappa shape index (κ3) is 2.84. The van der Waals surface area contributed by atoms with Gasteiger partial charge in [0.2, 0.25) is 0 Å². The summed E-state index contributed by atoms with van der Waals surface area (Å²) in [5, 5.41) is 0. The van der Waals surface area contributed by atoms with E-state index in [4.69, 9.17) is 0 Å². The molecular formula is C15H24. The fraction of sp³-hybridized carbons (Fsp3) is 0.600. The van der Waals surface area contributed by atoms with E-state index >= 15 is 0 Å². The van der Waals surface area contributed by atoms with Crippen LogP contribution in [0.4, 0.5) is 0 Å². The summed E-state index contributed by atoms with van der Waals surface area (Å²) >= 11 is 0. The molecule has 0 heteroatoms. The minimum atomic E-state index is 1.18. The van der Waals surface area contributed by atoms with Crippen LogP contribution in [0.2, 0.25) is 0 Å². The smallest absolute Gasteiger partial charge is 0.0276 e. The van der Waals surface area contributed by atoms with Gasteiger partial charge in [0.15, 0.2) is 0 Å². The maximum atomic E-state index is 2.34. The number of aryl methyl sites for hydroxylation is 2.